The highest BCUT2D eigenvalue weighted by Crippen LogP contribution is 2.35. The summed E-state index contributed by atoms with van der Waals surface area (Å²) >= 11 is 0. The first-order chi connectivity index (χ1) is 11.1. The van der Waals surface area contributed by atoms with E-state index in [-0.39, 0.29) is 0 Å². The molecule has 0 saturated heterocycles. The monoisotopic (exact) mass is 323 g/mol. The lowest BCUT2D eigenvalue weighted by Gasteiger charge is -2.13. The molecule has 4 heteroatoms. The molecule has 116 valence electrons. The summed E-state index contributed by atoms with van der Waals surface area (Å²) in [4.78, 5) is 0.401. The maximum atomic E-state index is 12.9. The minimum absolute atomic E-state index is 0.401. The first-order valence-corrected chi connectivity index (χ1v) is 9.16. The van der Waals surface area contributed by atoms with E-state index in [9.17, 15) is 8.42 Å². The fourth-order valence-electron chi connectivity index (χ4n) is 3.37. The molecule has 1 aliphatic rings. The third-order valence-electron chi connectivity index (χ3n) is 4.52. The molecule has 0 atom stereocenters. The van der Waals surface area contributed by atoms with Crippen LogP contribution in [0.15, 0.2) is 59.5 Å². The molecule has 3 aromatic carbocycles. The average Bonchev–Trinajstić information content (AvgIpc) is 2.96. The predicted molar refractivity (Wildman–Crippen MR) is 93.3 cm³/mol. The third-order valence-corrected chi connectivity index (χ3v) is 5.97. The van der Waals surface area contributed by atoms with Gasteiger partial charge in [0.2, 0.25) is 0 Å². The number of hydrogen-bond acceptors (Lipinski definition) is 2. The van der Waals surface area contributed by atoms with Gasteiger partial charge in [0, 0.05) is 0 Å². The number of benzene rings is 3. The van der Waals surface area contributed by atoms with Gasteiger partial charge in [0.15, 0.2) is 0 Å². The average molecular weight is 323 g/mol. The van der Waals surface area contributed by atoms with Crippen LogP contribution in [-0.4, -0.2) is 8.42 Å². The summed E-state index contributed by atoms with van der Waals surface area (Å²) in [6.45, 7) is 1.90. The van der Waals surface area contributed by atoms with E-state index in [0.29, 0.717) is 10.6 Å². The molecule has 0 spiro atoms. The van der Waals surface area contributed by atoms with E-state index in [1.807, 2.05) is 43.3 Å². The lowest BCUT2D eigenvalue weighted by molar-refractivity contribution is 0.600. The maximum Gasteiger partial charge on any atom is 0.262 e. The molecule has 0 amide bonds. The number of rotatable bonds is 3. The number of aryl methyl sites for hydroxylation is 3. The predicted octanol–water partition coefficient (Wildman–Crippen LogP) is 4.05. The summed E-state index contributed by atoms with van der Waals surface area (Å²) in [6, 6.07) is 17.2. The molecule has 0 aromatic heterocycles. The van der Waals surface area contributed by atoms with Crippen molar-refractivity contribution in [1.82, 2.24) is 0 Å². The van der Waals surface area contributed by atoms with Gasteiger partial charge in [-0.25, -0.2) is 8.42 Å². The van der Waals surface area contributed by atoms with Crippen LogP contribution < -0.4 is 4.72 Å². The van der Waals surface area contributed by atoms with Gasteiger partial charge in [-0.2, -0.15) is 0 Å². The Bertz CT molecular complexity index is 1020. The summed E-state index contributed by atoms with van der Waals surface area (Å²) in [7, 11) is -3.59. The third kappa shape index (κ3) is 2.30. The normalized spacial score (nSPS) is 13.4. The van der Waals surface area contributed by atoms with Crippen molar-refractivity contribution in [3.05, 3.63) is 71.3 Å². The van der Waals surface area contributed by atoms with E-state index in [1.165, 1.54) is 5.56 Å². The minimum atomic E-state index is -3.59. The van der Waals surface area contributed by atoms with Crippen molar-refractivity contribution in [1.29, 1.82) is 0 Å². The van der Waals surface area contributed by atoms with E-state index in [2.05, 4.69) is 10.8 Å². The lowest BCUT2D eigenvalue weighted by atomic mass is 10.1. The van der Waals surface area contributed by atoms with Crippen LogP contribution in [0.25, 0.3) is 10.8 Å². The molecule has 0 unspecified atom stereocenters. The van der Waals surface area contributed by atoms with Crippen molar-refractivity contribution in [3.8, 4) is 0 Å². The van der Waals surface area contributed by atoms with E-state index in [1.54, 1.807) is 12.1 Å². The molecular formula is C19H17NO2S. The molecule has 3 aromatic rings. The van der Waals surface area contributed by atoms with Crippen molar-refractivity contribution in [3.63, 3.8) is 0 Å². The SMILES string of the molecule is Cc1ccccc1NS(=O)(=O)c1ccc2cccc3c2c1CC3. The van der Waals surface area contributed by atoms with Crippen LogP contribution in [0.5, 0.6) is 0 Å². The second kappa shape index (κ2) is 5.10. The highest BCUT2D eigenvalue weighted by molar-refractivity contribution is 7.92. The number of sulfonamides is 1. The van der Waals surface area contributed by atoms with Crippen LogP contribution in [-0.2, 0) is 22.9 Å². The van der Waals surface area contributed by atoms with E-state index < -0.39 is 10.0 Å². The van der Waals surface area contributed by atoms with Crippen LogP contribution in [0.2, 0.25) is 0 Å². The van der Waals surface area contributed by atoms with Crippen molar-refractivity contribution >= 4 is 26.5 Å². The van der Waals surface area contributed by atoms with E-state index >= 15 is 0 Å². The minimum Gasteiger partial charge on any atom is -0.279 e. The number of hydrogen-bond donors (Lipinski definition) is 1. The first kappa shape index (κ1) is 14.3. The van der Waals surface area contributed by atoms with Gasteiger partial charge >= 0.3 is 0 Å². The van der Waals surface area contributed by atoms with Gasteiger partial charge in [-0.05, 0) is 59.4 Å². The Labute approximate surface area is 136 Å². The molecule has 0 fully saturated rings. The molecule has 1 N–H and O–H groups in total. The van der Waals surface area contributed by atoms with Gasteiger partial charge in [-0.15, -0.1) is 0 Å². The Kier molecular flexibility index (Phi) is 3.16. The fraction of sp³-hybridized carbons (Fsp3) is 0.158. The van der Waals surface area contributed by atoms with Gasteiger partial charge in [-0.1, -0.05) is 42.5 Å². The molecule has 0 aliphatic heterocycles. The summed E-state index contributed by atoms with van der Waals surface area (Å²) < 4.78 is 28.5. The first-order valence-electron chi connectivity index (χ1n) is 7.68. The van der Waals surface area contributed by atoms with Gasteiger partial charge in [0.1, 0.15) is 0 Å². The molecule has 0 saturated carbocycles. The smallest absolute Gasteiger partial charge is 0.262 e. The standard InChI is InChI=1S/C19H17NO2S/c1-13-5-2-3-8-17(13)20-23(21,22)18-12-10-15-7-4-6-14-9-11-16(18)19(14)15/h2-8,10,12,20H,9,11H2,1H3. The van der Waals surface area contributed by atoms with Crippen molar-refractivity contribution in [2.45, 2.75) is 24.7 Å². The molecule has 3 nitrogen and oxygen atoms in total. The maximum absolute atomic E-state index is 12.9. The Balaban J connectivity index is 1.85. The van der Waals surface area contributed by atoms with Crippen molar-refractivity contribution in [2.75, 3.05) is 4.72 Å². The number of anilines is 1. The fourth-order valence-corrected chi connectivity index (χ4v) is 4.78. The molecule has 23 heavy (non-hydrogen) atoms. The largest absolute Gasteiger partial charge is 0.279 e. The Morgan fingerprint density at radius 1 is 0.913 bits per heavy atom. The quantitative estimate of drug-likeness (QED) is 0.790. The van der Waals surface area contributed by atoms with E-state index in [0.717, 1.165) is 34.7 Å². The molecule has 0 heterocycles. The van der Waals surface area contributed by atoms with Crippen molar-refractivity contribution in [2.24, 2.45) is 0 Å². The van der Waals surface area contributed by atoms with Crippen molar-refractivity contribution < 1.29 is 8.42 Å². The molecule has 1 aliphatic carbocycles. The second-order valence-corrected chi connectivity index (χ2v) is 7.63. The zero-order valence-corrected chi connectivity index (χ0v) is 13.7. The van der Waals surface area contributed by atoms with Gasteiger partial charge in [-0.3, -0.25) is 4.72 Å². The summed E-state index contributed by atoms with van der Waals surface area (Å²) in [5.41, 5.74) is 3.73. The zero-order valence-electron chi connectivity index (χ0n) is 12.8. The summed E-state index contributed by atoms with van der Waals surface area (Å²) in [6.07, 6.45) is 1.68. The number of nitrogens with one attached hydrogen (secondary N) is 1. The highest BCUT2D eigenvalue weighted by atomic mass is 32.2. The summed E-state index contributed by atoms with van der Waals surface area (Å²) in [5, 5.41) is 2.23. The topological polar surface area (TPSA) is 46.2 Å². The molecule has 4 rings (SSSR count). The second-order valence-electron chi connectivity index (χ2n) is 5.98. The van der Waals surface area contributed by atoms with Crippen LogP contribution in [0.3, 0.4) is 0 Å². The van der Waals surface area contributed by atoms with Gasteiger partial charge in [0.25, 0.3) is 10.0 Å². The Hall–Kier alpha value is -2.33. The van der Waals surface area contributed by atoms with Crippen LogP contribution in [0, 0.1) is 6.92 Å². The number of para-hydroxylation sites is 1. The molecule has 0 radical (unpaired) electrons. The zero-order chi connectivity index (χ0) is 16.0. The van der Waals surface area contributed by atoms with E-state index in [4.69, 9.17) is 0 Å². The molecular weight excluding hydrogens is 306 g/mol. The summed E-state index contributed by atoms with van der Waals surface area (Å²) in [5.74, 6) is 0. The Morgan fingerprint density at radius 2 is 1.74 bits per heavy atom. The van der Waals surface area contributed by atoms with Gasteiger partial charge < -0.3 is 0 Å². The van der Waals surface area contributed by atoms with Crippen LogP contribution >= 0.6 is 0 Å². The van der Waals surface area contributed by atoms with Gasteiger partial charge in [0.05, 0.1) is 10.6 Å². The van der Waals surface area contributed by atoms with Crippen LogP contribution in [0.1, 0.15) is 16.7 Å². The Morgan fingerprint density at radius 3 is 2.57 bits per heavy atom. The lowest BCUT2D eigenvalue weighted by Crippen LogP contribution is -2.15. The van der Waals surface area contributed by atoms with Crippen LogP contribution in [0.4, 0.5) is 5.69 Å². The highest BCUT2D eigenvalue weighted by Gasteiger charge is 2.25. The molecule has 0 bridgehead atoms.